The highest BCUT2D eigenvalue weighted by atomic mass is 32.1. The number of thiazole rings is 1. The molecule has 0 aliphatic carbocycles. The molecular formula is C11H8N4OS. The minimum atomic E-state index is -0.525. The number of pyridine rings is 1. The van der Waals surface area contributed by atoms with Gasteiger partial charge in [0.25, 0.3) is 0 Å². The number of primary amides is 1. The van der Waals surface area contributed by atoms with E-state index in [-0.39, 0.29) is 0 Å². The molecule has 5 nitrogen and oxygen atoms in total. The van der Waals surface area contributed by atoms with Gasteiger partial charge in [-0.05, 0) is 12.0 Å². The van der Waals surface area contributed by atoms with Crippen LogP contribution in [0.3, 0.4) is 0 Å². The molecule has 4 N–H and O–H groups in total. The van der Waals surface area contributed by atoms with Crippen LogP contribution in [0.4, 0.5) is 5.13 Å². The molecule has 2 rings (SSSR count). The minimum Gasteiger partial charge on any atom is -0.375 e. The van der Waals surface area contributed by atoms with E-state index in [1.807, 2.05) is 0 Å². The summed E-state index contributed by atoms with van der Waals surface area (Å²) in [5, 5.41) is 0.471. The average molecular weight is 244 g/mol. The SMILES string of the molecule is NC(=O)c1cncc(C#Cc2cnc(N)s2)c1. The Morgan fingerprint density at radius 3 is 2.76 bits per heavy atom. The number of amides is 1. The smallest absolute Gasteiger partial charge is 0.250 e. The first-order valence-electron chi connectivity index (χ1n) is 4.63. The molecule has 84 valence electrons. The van der Waals surface area contributed by atoms with Gasteiger partial charge in [-0.3, -0.25) is 9.78 Å². The molecule has 0 bridgehead atoms. The average Bonchev–Trinajstić information content (AvgIpc) is 2.73. The number of nitrogens with two attached hydrogens (primary N) is 2. The topological polar surface area (TPSA) is 94.9 Å². The summed E-state index contributed by atoms with van der Waals surface area (Å²) < 4.78 is 0. The monoisotopic (exact) mass is 244 g/mol. The fraction of sp³-hybridized carbons (Fsp3) is 0. The summed E-state index contributed by atoms with van der Waals surface area (Å²) in [6.45, 7) is 0. The lowest BCUT2D eigenvalue weighted by Crippen LogP contribution is -2.11. The maximum Gasteiger partial charge on any atom is 0.250 e. The third-order valence-electron chi connectivity index (χ3n) is 1.88. The van der Waals surface area contributed by atoms with Crippen molar-refractivity contribution in [3.05, 3.63) is 40.7 Å². The normalized spacial score (nSPS) is 9.41. The number of nitrogens with zero attached hydrogens (tertiary/aromatic N) is 2. The molecule has 2 heterocycles. The quantitative estimate of drug-likeness (QED) is 0.719. The van der Waals surface area contributed by atoms with Crippen LogP contribution in [-0.2, 0) is 0 Å². The number of hydrogen-bond acceptors (Lipinski definition) is 5. The van der Waals surface area contributed by atoms with Gasteiger partial charge < -0.3 is 11.5 Å². The molecule has 0 unspecified atom stereocenters. The molecular weight excluding hydrogens is 236 g/mol. The summed E-state index contributed by atoms with van der Waals surface area (Å²) in [6.07, 6.45) is 4.56. The van der Waals surface area contributed by atoms with Crippen LogP contribution in [-0.4, -0.2) is 15.9 Å². The van der Waals surface area contributed by atoms with E-state index >= 15 is 0 Å². The second-order valence-electron chi connectivity index (χ2n) is 3.14. The predicted octanol–water partition coefficient (Wildman–Crippen LogP) is 0.619. The minimum absolute atomic E-state index is 0.334. The van der Waals surface area contributed by atoms with Crippen molar-refractivity contribution in [1.82, 2.24) is 9.97 Å². The van der Waals surface area contributed by atoms with Crippen LogP contribution in [0.5, 0.6) is 0 Å². The molecule has 6 heteroatoms. The molecule has 17 heavy (non-hydrogen) atoms. The first kappa shape index (κ1) is 11.1. The predicted molar refractivity (Wildman–Crippen MR) is 65.3 cm³/mol. The van der Waals surface area contributed by atoms with Gasteiger partial charge in [0, 0.05) is 18.0 Å². The van der Waals surface area contributed by atoms with Crippen molar-refractivity contribution >= 4 is 22.4 Å². The van der Waals surface area contributed by atoms with Gasteiger partial charge in [-0.15, -0.1) is 0 Å². The van der Waals surface area contributed by atoms with Crippen LogP contribution in [0.15, 0.2) is 24.7 Å². The van der Waals surface area contributed by atoms with Gasteiger partial charge >= 0.3 is 0 Å². The van der Waals surface area contributed by atoms with Crippen molar-refractivity contribution in [2.75, 3.05) is 5.73 Å². The lowest BCUT2D eigenvalue weighted by Gasteiger charge is -1.94. The highest BCUT2D eigenvalue weighted by molar-refractivity contribution is 7.15. The summed E-state index contributed by atoms with van der Waals surface area (Å²) in [7, 11) is 0. The molecule has 0 aliphatic rings. The largest absolute Gasteiger partial charge is 0.375 e. The summed E-state index contributed by atoms with van der Waals surface area (Å²) in [5.74, 6) is 5.22. The molecule has 1 amide bonds. The number of aromatic nitrogens is 2. The summed E-state index contributed by atoms with van der Waals surface area (Å²) in [5.41, 5.74) is 11.6. The lowest BCUT2D eigenvalue weighted by molar-refractivity contribution is 0.1000. The van der Waals surface area contributed by atoms with Gasteiger partial charge in [0.1, 0.15) is 0 Å². The van der Waals surface area contributed by atoms with E-state index in [0.717, 1.165) is 4.88 Å². The van der Waals surface area contributed by atoms with Crippen LogP contribution >= 0.6 is 11.3 Å². The second-order valence-corrected chi connectivity index (χ2v) is 4.20. The van der Waals surface area contributed by atoms with Crippen molar-refractivity contribution in [1.29, 1.82) is 0 Å². The van der Waals surface area contributed by atoms with Crippen molar-refractivity contribution in [2.24, 2.45) is 5.73 Å². The van der Waals surface area contributed by atoms with E-state index < -0.39 is 5.91 Å². The molecule has 0 aromatic carbocycles. The number of hydrogen-bond donors (Lipinski definition) is 2. The molecule has 0 aliphatic heterocycles. The summed E-state index contributed by atoms with van der Waals surface area (Å²) in [6, 6.07) is 1.59. The summed E-state index contributed by atoms with van der Waals surface area (Å²) >= 11 is 1.30. The summed E-state index contributed by atoms with van der Waals surface area (Å²) in [4.78, 5) is 19.5. The van der Waals surface area contributed by atoms with Crippen molar-refractivity contribution in [3.63, 3.8) is 0 Å². The fourth-order valence-corrected chi connectivity index (χ4v) is 1.66. The molecule has 2 aromatic heterocycles. The standard InChI is InChI=1S/C11H8N4OS/c12-10(16)8-3-7(4-14-5-8)1-2-9-6-15-11(13)17-9/h3-6H,(H2,12,16)(H2,13,15). The van der Waals surface area contributed by atoms with Gasteiger partial charge in [-0.1, -0.05) is 17.3 Å². The third-order valence-corrected chi connectivity index (χ3v) is 2.62. The lowest BCUT2D eigenvalue weighted by atomic mass is 10.2. The molecule has 0 atom stereocenters. The first-order chi connectivity index (χ1) is 8.15. The van der Waals surface area contributed by atoms with E-state index in [9.17, 15) is 4.79 Å². The van der Waals surface area contributed by atoms with E-state index in [1.54, 1.807) is 18.5 Å². The number of nitrogen functional groups attached to an aromatic ring is 1. The zero-order valence-electron chi connectivity index (χ0n) is 8.68. The number of anilines is 1. The Bertz CT molecular complexity index is 624. The van der Waals surface area contributed by atoms with Crippen molar-refractivity contribution < 1.29 is 4.79 Å². The molecule has 0 fully saturated rings. The Balaban J connectivity index is 2.27. The van der Waals surface area contributed by atoms with Gasteiger partial charge in [0.2, 0.25) is 5.91 Å². The van der Waals surface area contributed by atoms with Gasteiger partial charge in [-0.25, -0.2) is 4.98 Å². The molecule has 2 aromatic rings. The first-order valence-corrected chi connectivity index (χ1v) is 5.45. The van der Waals surface area contributed by atoms with E-state index in [0.29, 0.717) is 16.3 Å². The molecule has 0 radical (unpaired) electrons. The third kappa shape index (κ3) is 2.80. The Kier molecular flexibility index (Phi) is 3.03. The van der Waals surface area contributed by atoms with E-state index in [2.05, 4.69) is 21.8 Å². The van der Waals surface area contributed by atoms with Crippen LogP contribution in [0.2, 0.25) is 0 Å². The van der Waals surface area contributed by atoms with Gasteiger partial charge in [-0.2, -0.15) is 0 Å². The second kappa shape index (κ2) is 4.63. The fourth-order valence-electron chi connectivity index (χ4n) is 1.12. The Labute approximate surface area is 102 Å². The zero-order chi connectivity index (χ0) is 12.3. The number of carbonyl (C=O) groups excluding carboxylic acids is 1. The molecule has 0 saturated carbocycles. The Morgan fingerprint density at radius 2 is 2.12 bits per heavy atom. The molecule has 0 saturated heterocycles. The number of carbonyl (C=O) groups is 1. The molecule has 0 spiro atoms. The Morgan fingerprint density at radius 1 is 1.29 bits per heavy atom. The highest BCUT2D eigenvalue weighted by Crippen LogP contribution is 2.12. The maximum atomic E-state index is 10.9. The van der Waals surface area contributed by atoms with Gasteiger partial charge in [0.05, 0.1) is 16.6 Å². The van der Waals surface area contributed by atoms with Crippen molar-refractivity contribution in [2.45, 2.75) is 0 Å². The van der Waals surface area contributed by atoms with E-state index in [4.69, 9.17) is 11.5 Å². The van der Waals surface area contributed by atoms with Crippen LogP contribution in [0.1, 0.15) is 20.8 Å². The van der Waals surface area contributed by atoms with E-state index in [1.165, 1.54) is 17.5 Å². The maximum absolute atomic E-state index is 10.9. The van der Waals surface area contributed by atoms with Gasteiger partial charge in [0.15, 0.2) is 5.13 Å². The zero-order valence-corrected chi connectivity index (χ0v) is 9.49. The Hall–Kier alpha value is -2.39. The van der Waals surface area contributed by atoms with Crippen molar-refractivity contribution in [3.8, 4) is 11.8 Å². The number of rotatable bonds is 1. The van der Waals surface area contributed by atoms with Crippen LogP contribution in [0, 0.1) is 11.8 Å². The van der Waals surface area contributed by atoms with Crippen LogP contribution in [0.25, 0.3) is 0 Å². The highest BCUT2D eigenvalue weighted by Gasteiger charge is 2.00. The van der Waals surface area contributed by atoms with Crippen LogP contribution < -0.4 is 11.5 Å².